The summed E-state index contributed by atoms with van der Waals surface area (Å²) in [6.07, 6.45) is 0. The Kier molecular flexibility index (Phi) is 6.95. The van der Waals surface area contributed by atoms with E-state index in [0.717, 1.165) is 11.4 Å². The molecule has 1 saturated heterocycles. The van der Waals surface area contributed by atoms with E-state index in [1.54, 1.807) is 36.4 Å². The van der Waals surface area contributed by atoms with E-state index in [-0.39, 0.29) is 4.90 Å². The molecule has 10 heteroatoms. The number of piperazine rings is 1. The molecule has 0 radical (unpaired) electrons. The molecule has 0 unspecified atom stereocenters. The van der Waals surface area contributed by atoms with E-state index in [4.69, 9.17) is 10.00 Å². The van der Waals surface area contributed by atoms with Crippen LogP contribution in [0.3, 0.4) is 0 Å². The van der Waals surface area contributed by atoms with Gasteiger partial charge in [-0.15, -0.1) is 0 Å². The van der Waals surface area contributed by atoms with Crippen LogP contribution in [0.25, 0.3) is 0 Å². The summed E-state index contributed by atoms with van der Waals surface area (Å²) in [7, 11) is -3.59. The Bertz CT molecular complexity index is 1280. The van der Waals surface area contributed by atoms with Gasteiger partial charge in [0, 0.05) is 43.6 Å². The van der Waals surface area contributed by atoms with Gasteiger partial charge in [0.15, 0.2) is 0 Å². The smallest absolute Gasteiger partial charge is 0.243 e. The molecule has 2 aromatic carbocycles. The number of aromatic nitrogens is 2. The maximum atomic E-state index is 13.1. The number of rotatable bonds is 7. The van der Waals surface area contributed by atoms with Gasteiger partial charge >= 0.3 is 0 Å². The van der Waals surface area contributed by atoms with Crippen LogP contribution in [0.4, 0.5) is 17.5 Å². The fraction of sp³-hybridized carbons (Fsp3) is 0.292. The van der Waals surface area contributed by atoms with E-state index in [9.17, 15) is 8.42 Å². The maximum absolute atomic E-state index is 13.1. The number of nitriles is 1. The number of hydrogen-bond acceptors (Lipinski definition) is 8. The van der Waals surface area contributed by atoms with Crippen molar-refractivity contribution in [3.8, 4) is 11.8 Å². The van der Waals surface area contributed by atoms with E-state index in [1.807, 2.05) is 36.9 Å². The van der Waals surface area contributed by atoms with Crippen LogP contribution in [0, 0.1) is 18.3 Å². The zero-order valence-electron chi connectivity index (χ0n) is 19.1. The molecule has 3 aromatic rings. The SMILES string of the molecule is CCOc1ccc(S(=O)(=O)N2CCN(c3nc(C)cc(Nc4ccc(C#N)cc4)n3)CC2)cc1. The Hall–Kier alpha value is -3.68. The molecule has 1 fully saturated rings. The standard InChI is InChI=1S/C24H26N6O3S/c1-3-33-21-8-10-22(11-9-21)34(31,32)30-14-12-29(13-15-30)24-26-18(2)16-23(28-24)27-20-6-4-19(17-25)5-7-20/h4-11,16H,3,12-15H2,1-2H3,(H,26,27,28). The van der Waals surface area contributed by atoms with Crippen LogP contribution < -0.4 is 15.0 Å². The number of benzene rings is 2. The second kappa shape index (κ2) is 10.1. The highest BCUT2D eigenvalue weighted by molar-refractivity contribution is 7.89. The van der Waals surface area contributed by atoms with Gasteiger partial charge in [-0.05, 0) is 62.4 Å². The summed E-state index contributed by atoms with van der Waals surface area (Å²) in [6.45, 7) is 5.94. The van der Waals surface area contributed by atoms with Crippen molar-refractivity contribution in [2.75, 3.05) is 43.0 Å². The molecular weight excluding hydrogens is 452 g/mol. The largest absolute Gasteiger partial charge is 0.494 e. The number of nitrogens with zero attached hydrogens (tertiary/aromatic N) is 5. The van der Waals surface area contributed by atoms with Crippen LogP contribution in [0.1, 0.15) is 18.2 Å². The third-order valence-corrected chi connectivity index (χ3v) is 7.34. The van der Waals surface area contributed by atoms with Crippen LogP contribution in [0.15, 0.2) is 59.5 Å². The molecule has 1 aliphatic rings. The molecule has 34 heavy (non-hydrogen) atoms. The summed E-state index contributed by atoms with van der Waals surface area (Å²) in [5.41, 5.74) is 2.20. The van der Waals surface area contributed by atoms with Gasteiger partial charge in [-0.2, -0.15) is 14.6 Å². The van der Waals surface area contributed by atoms with Crippen molar-refractivity contribution < 1.29 is 13.2 Å². The molecular formula is C24H26N6O3S. The van der Waals surface area contributed by atoms with Crippen LogP contribution in [0.5, 0.6) is 5.75 Å². The number of ether oxygens (including phenoxy) is 1. The number of sulfonamides is 1. The molecule has 9 nitrogen and oxygen atoms in total. The van der Waals surface area contributed by atoms with E-state index in [2.05, 4.69) is 21.4 Å². The van der Waals surface area contributed by atoms with Crippen molar-refractivity contribution >= 4 is 27.5 Å². The van der Waals surface area contributed by atoms with E-state index >= 15 is 0 Å². The van der Waals surface area contributed by atoms with Crippen LogP contribution in [-0.4, -0.2) is 55.5 Å². The summed E-state index contributed by atoms with van der Waals surface area (Å²) in [4.78, 5) is 11.4. The van der Waals surface area contributed by atoms with Crippen molar-refractivity contribution in [3.63, 3.8) is 0 Å². The van der Waals surface area contributed by atoms with Gasteiger partial charge in [-0.1, -0.05) is 0 Å². The third kappa shape index (κ3) is 5.27. The summed E-state index contributed by atoms with van der Waals surface area (Å²) in [6, 6.07) is 17.6. The zero-order valence-corrected chi connectivity index (χ0v) is 19.9. The molecule has 4 rings (SSSR count). The highest BCUT2D eigenvalue weighted by Crippen LogP contribution is 2.23. The summed E-state index contributed by atoms with van der Waals surface area (Å²) < 4.78 is 33.0. The van der Waals surface area contributed by atoms with Gasteiger partial charge < -0.3 is 15.0 Å². The average molecular weight is 479 g/mol. The zero-order chi connectivity index (χ0) is 24.1. The first kappa shape index (κ1) is 23.5. The molecule has 176 valence electrons. The molecule has 1 aliphatic heterocycles. The normalized spacial score (nSPS) is 14.4. The molecule has 1 N–H and O–H groups in total. The van der Waals surface area contributed by atoms with Gasteiger partial charge in [-0.25, -0.2) is 13.4 Å². The quantitative estimate of drug-likeness (QED) is 0.551. The molecule has 2 heterocycles. The molecule has 0 atom stereocenters. The van der Waals surface area contributed by atoms with Crippen LogP contribution >= 0.6 is 0 Å². The lowest BCUT2D eigenvalue weighted by Gasteiger charge is -2.34. The summed E-state index contributed by atoms with van der Waals surface area (Å²) in [5, 5.41) is 12.2. The van der Waals surface area contributed by atoms with Gasteiger partial charge in [0.1, 0.15) is 11.6 Å². The second-order valence-corrected chi connectivity index (χ2v) is 9.74. The fourth-order valence-electron chi connectivity index (χ4n) is 3.69. The molecule has 0 aliphatic carbocycles. The average Bonchev–Trinajstić information content (AvgIpc) is 2.85. The lowest BCUT2D eigenvalue weighted by Crippen LogP contribution is -2.49. The molecule has 0 spiro atoms. The molecule has 0 amide bonds. The van der Waals surface area contributed by atoms with Crippen molar-refractivity contribution in [1.82, 2.24) is 14.3 Å². The predicted octanol–water partition coefficient (Wildman–Crippen LogP) is 3.31. The van der Waals surface area contributed by atoms with Gasteiger partial charge in [0.2, 0.25) is 16.0 Å². The molecule has 0 saturated carbocycles. The monoisotopic (exact) mass is 478 g/mol. The maximum Gasteiger partial charge on any atom is 0.243 e. The van der Waals surface area contributed by atoms with E-state index in [1.165, 1.54) is 4.31 Å². The van der Waals surface area contributed by atoms with Crippen LogP contribution in [-0.2, 0) is 10.0 Å². The number of hydrogen-bond donors (Lipinski definition) is 1. The first-order valence-corrected chi connectivity index (χ1v) is 12.4. The Balaban J connectivity index is 1.43. The van der Waals surface area contributed by atoms with Crippen molar-refractivity contribution in [2.24, 2.45) is 0 Å². The predicted molar refractivity (Wildman–Crippen MR) is 130 cm³/mol. The second-order valence-electron chi connectivity index (χ2n) is 7.80. The number of nitrogens with one attached hydrogen (secondary N) is 1. The van der Waals surface area contributed by atoms with Crippen LogP contribution in [0.2, 0.25) is 0 Å². The fourth-order valence-corrected chi connectivity index (χ4v) is 5.11. The van der Waals surface area contributed by atoms with Crippen molar-refractivity contribution in [3.05, 3.63) is 65.9 Å². The minimum absolute atomic E-state index is 0.255. The minimum Gasteiger partial charge on any atom is -0.494 e. The minimum atomic E-state index is -3.59. The van der Waals surface area contributed by atoms with E-state index < -0.39 is 10.0 Å². The Morgan fingerprint density at radius 2 is 1.71 bits per heavy atom. The first-order chi connectivity index (χ1) is 16.4. The first-order valence-electron chi connectivity index (χ1n) is 11.0. The third-order valence-electron chi connectivity index (χ3n) is 5.42. The lowest BCUT2D eigenvalue weighted by atomic mass is 10.2. The summed E-state index contributed by atoms with van der Waals surface area (Å²) >= 11 is 0. The molecule has 1 aromatic heterocycles. The number of aryl methyl sites for hydroxylation is 1. The van der Waals surface area contributed by atoms with E-state index in [0.29, 0.717) is 55.9 Å². The number of anilines is 3. The Morgan fingerprint density at radius 3 is 2.32 bits per heavy atom. The highest BCUT2D eigenvalue weighted by atomic mass is 32.2. The lowest BCUT2D eigenvalue weighted by molar-refractivity contribution is 0.340. The topological polar surface area (TPSA) is 111 Å². The molecule has 0 bridgehead atoms. The Labute approximate surface area is 199 Å². The highest BCUT2D eigenvalue weighted by Gasteiger charge is 2.29. The van der Waals surface area contributed by atoms with Gasteiger partial charge in [0.05, 0.1) is 23.1 Å². The Morgan fingerprint density at radius 1 is 1.03 bits per heavy atom. The van der Waals surface area contributed by atoms with Gasteiger partial charge in [0.25, 0.3) is 0 Å². The van der Waals surface area contributed by atoms with Gasteiger partial charge in [-0.3, -0.25) is 0 Å². The van der Waals surface area contributed by atoms with Crippen molar-refractivity contribution in [2.45, 2.75) is 18.7 Å². The summed E-state index contributed by atoms with van der Waals surface area (Å²) in [5.74, 6) is 1.83. The van der Waals surface area contributed by atoms with Crippen molar-refractivity contribution in [1.29, 1.82) is 5.26 Å².